The van der Waals surface area contributed by atoms with Gasteiger partial charge in [-0.1, -0.05) is 0 Å². The summed E-state index contributed by atoms with van der Waals surface area (Å²) in [7, 11) is 0. The molecule has 0 heterocycles. The van der Waals surface area contributed by atoms with Gasteiger partial charge in [-0.05, 0) is 13.3 Å². The second-order valence-electron chi connectivity index (χ2n) is 2.05. The minimum Gasteiger partial charge on any atom is -0.479 e. The molecule has 0 aliphatic rings. The normalized spacial score (nSPS) is 12.6. The van der Waals surface area contributed by atoms with Gasteiger partial charge in [0, 0.05) is 6.42 Å². The molecule has 1 N–H and O–H groups in total. The number of carbonyl (C=O) groups is 2. The maximum absolute atomic E-state index is 12.1. The lowest BCUT2D eigenvalue weighted by Gasteiger charge is -1.98. The molecule has 0 aromatic heterocycles. The van der Waals surface area contributed by atoms with Gasteiger partial charge in [-0.3, -0.25) is 0 Å². The number of hydrogen-bond acceptors (Lipinski definition) is 2. The van der Waals surface area contributed by atoms with Crippen LogP contribution in [0.5, 0.6) is 0 Å². The van der Waals surface area contributed by atoms with Gasteiger partial charge in [0.1, 0.15) is 5.78 Å². The zero-order chi connectivity index (χ0) is 8.15. The summed E-state index contributed by atoms with van der Waals surface area (Å²) >= 11 is 0. The average molecular weight is 148 g/mol. The van der Waals surface area contributed by atoms with Gasteiger partial charge in [0.05, 0.1) is 0 Å². The van der Waals surface area contributed by atoms with E-state index < -0.39 is 12.1 Å². The van der Waals surface area contributed by atoms with Crippen molar-refractivity contribution in [2.45, 2.75) is 25.9 Å². The summed E-state index contributed by atoms with van der Waals surface area (Å²) in [5.41, 5.74) is 0. The number of carbonyl (C=O) groups excluding carboxylic acids is 1. The molecule has 10 heavy (non-hydrogen) atoms. The first-order chi connectivity index (χ1) is 4.54. The third kappa shape index (κ3) is 4.00. The molecule has 1 atom stereocenters. The summed E-state index contributed by atoms with van der Waals surface area (Å²) in [6.07, 6.45) is -2.12. The number of aliphatic carboxylic acids is 1. The molecule has 0 aliphatic carbocycles. The first-order valence-corrected chi connectivity index (χ1v) is 2.90. The topological polar surface area (TPSA) is 54.4 Å². The largest absolute Gasteiger partial charge is 0.479 e. The van der Waals surface area contributed by atoms with E-state index in [9.17, 15) is 14.0 Å². The van der Waals surface area contributed by atoms with Crippen molar-refractivity contribution in [3.8, 4) is 0 Å². The van der Waals surface area contributed by atoms with Crippen molar-refractivity contribution in [2.24, 2.45) is 0 Å². The average Bonchev–Trinajstić information content (AvgIpc) is 1.82. The molecule has 1 unspecified atom stereocenters. The van der Waals surface area contributed by atoms with E-state index in [1.165, 1.54) is 6.92 Å². The molecule has 0 aliphatic heterocycles. The Labute approximate surface area is 57.8 Å². The van der Waals surface area contributed by atoms with Crippen molar-refractivity contribution in [2.75, 3.05) is 0 Å². The van der Waals surface area contributed by atoms with E-state index in [1.807, 2.05) is 0 Å². The number of carboxylic acid groups (broad SMARTS) is 1. The van der Waals surface area contributed by atoms with Crippen LogP contribution in [-0.2, 0) is 9.59 Å². The summed E-state index contributed by atoms with van der Waals surface area (Å²) in [6, 6.07) is 0. The van der Waals surface area contributed by atoms with Crippen LogP contribution in [0.1, 0.15) is 19.8 Å². The zero-order valence-electron chi connectivity index (χ0n) is 5.63. The molecule has 3 nitrogen and oxygen atoms in total. The van der Waals surface area contributed by atoms with Crippen LogP contribution in [0.15, 0.2) is 0 Å². The number of hydrogen-bond donors (Lipinski definition) is 1. The van der Waals surface area contributed by atoms with E-state index in [4.69, 9.17) is 5.11 Å². The summed E-state index contributed by atoms with van der Waals surface area (Å²) in [4.78, 5) is 20.0. The first-order valence-electron chi connectivity index (χ1n) is 2.90. The van der Waals surface area contributed by atoms with Crippen LogP contribution < -0.4 is 0 Å². The lowest BCUT2D eigenvalue weighted by atomic mass is 10.2. The standard InChI is InChI=1S/C6H9FO3/c1-4(8)2-3-5(7)6(9)10/h5H,2-3H2,1H3,(H,9,10). The van der Waals surface area contributed by atoms with E-state index in [0.29, 0.717) is 0 Å². The van der Waals surface area contributed by atoms with Crippen molar-refractivity contribution in [3.63, 3.8) is 0 Å². The van der Waals surface area contributed by atoms with E-state index in [2.05, 4.69) is 0 Å². The van der Waals surface area contributed by atoms with E-state index >= 15 is 0 Å². The Balaban J connectivity index is 3.49. The molecule has 0 rings (SSSR count). The van der Waals surface area contributed by atoms with Crippen LogP contribution in [0.25, 0.3) is 0 Å². The van der Waals surface area contributed by atoms with E-state index in [-0.39, 0.29) is 18.6 Å². The predicted molar refractivity (Wildman–Crippen MR) is 32.4 cm³/mol. The number of carboxylic acids is 1. The number of ketones is 1. The van der Waals surface area contributed by atoms with Crippen molar-refractivity contribution in [3.05, 3.63) is 0 Å². The highest BCUT2D eigenvalue weighted by Gasteiger charge is 2.15. The third-order valence-corrected chi connectivity index (χ3v) is 1.02. The van der Waals surface area contributed by atoms with Gasteiger partial charge in [0.15, 0.2) is 6.17 Å². The predicted octanol–water partition coefficient (Wildman–Crippen LogP) is 0.778. The van der Waals surface area contributed by atoms with Crippen molar-refractivity contribution in [1.82, 2.24) is 0 Å². The van der Waals surface area contributed by atoms with Crippen LogP contribution in [0, 0.1) is 0 Å². The SMILES string of the molecule is CC(=O)CCC(F)C(=O)O. The van der Waals surface area contributed by atoms with E-state index in [0.717, 1.165) is 0 Å². The van der Waals surface area contributed by atoms with Crippen LogP contribution in [-0.4, -0.2) is 23.0 Å². The highest BCUT2D eigenvalue weighted by Crippen LogP contribution is 2.01. The van der Waals surface area contributed by atoms with Crippen molar-refractivity contribution >= 4 is 11.8 Å². The van der Waals surface area contributed by atoms with Gasteiger partial charge in [-0.2, -0.15) is 0 Å². The van der Waals surface area contributed by atoms with Crippen LogP contribution in [0.3, 0.4) is 0 Å². The fraction of sp³-hybridized carbons (Fsp3) is 0.667. The van der Waals surface area contributed by atoms with E-state index in [1.54, 1.807) is 0 Å². The van der Waals surface area contributed by atoms with Crippen LogP contribution in [0.4, 0.5) is 4.39 Å². The van der Waals surface area contributed by atoms with Gasteiger partial charge in [0.25, 0.3) is 0 Å². The summed E-state index contributed by atoms with van der Waals surface area (Å²) < 4.78 is 12.1. The minimum atomic E-state index is -1.90. The lowest BCUT2D eigenvalue weighted by Crippen LogP contribution is -2.15. The Morgan fingerprint density at radius 1 is 1.60 bits per heavy atom. The first kappa shape index (κ1) is 9.07. The zero-order valence-corrected chi connectivity index (χ0v) is 5.63. The molecule has 58 valence electrons. The number of halogens is 1. The fourth-order valence-electron chi connectivity index (χ4n) is 0.453. The molecular weight excluding hydrogens is 139 g/mol. The highest BCUT2D eigenvalue weighted by atomic mass is 19.1. The van der Waals surface area contributed by atoms with Crippen LogP contribution >= 0.6 is 0 Å². The smallest absolute Gasteiger partial charge is 0.338 e. The van der Waals surface area contributed by atoms with Gasteiger partial charge in [-0.15, -0.1) is 0 Å². The molecule has 0 bridgehead atoms. The number of alkyl halides is 1. The number of rotatable bonds is 4. The van der Waals surface area contributed by atoms with Crippen molar-refractivity contribution < 1.29 is 19.1 Å². The maximum atomic E-state index is 12.1. The molecule has 0 aromatic carbocycles. The quantitative estimate of drug-likeness (QED) is 0.640. The summed E-state index contributed by atoms with van der Waals surface area (Å²) in [5.74, 6) is -1.69. The summed E-state index contributed by atoms with van der Waals surface area (Å²) in [6.45, 7) is 1.30. The molecule has 0 fully saturated rings. The second kappa shape index (κ2) is 3.98. The molecule has 0 saturated carbocycles. The Morgan fingerprint density at radius 2 is 2.10 bits per heavy atom. The monoisotopic (exact) mass is 148 g/mol. The van der Waals surface area contributed by atoms with Gasteiger partial charge >= 0.3 is 5.97 Å². The Kier molecular flexibility index (Phi) is 3.61. The van der Waals surface area contributed by atoms with Gasteiger partial charge in [0.2, 0.25) is 0 Å². The Hall–Kier alpha value is -0.930. The molecule has 0 amide bonds. The highest BCUT2D eigenvalue weighted by molar-refractivity contribution is 5.77. The molecule has 0 radical (unpaired) electrons. The molecule has 0 saturated heterocycles. The van der Waals surface area contributed by atoms with Crippen LogP contribution in [0.2, 0.25) is 0 Å². The fourth-order valence-corrected chi connectivity index (χ4v) is 0.453. The van der Waals surface area contributed by atoms with Gasteiger partial charge < -0.3 is 9.90 Å². The molecule has 0 spiro atoms. The molecule has 4 heteroatoms. The lowest BCUT2D eigenvalue weighted by molar-refractivity contribution is -0.143. The minimum absolute atomic E-state index is 0.00648. The van der Waals surface area contributed by atoms with Gasteiger partial charge in [-0.25, -0.2) is 9.18 Å². The summed E-state index contributed by atoms with van der Waals surface area (Å²) in [5, 5.41) is 8.01. The number of Topliss-reactive ketones (excluding diaryl/α,β-unsaturated/α-hetero) is 1. The second-order valence-corrected chi connectivity index (χ2v) is 2.05. The maximum Gasteiger partial charge on any atom is 0.338 e. The molecular formula is C6H9FO3. The van der Waals surface area contributed by atoms with Crippen molar-refractivity contribution in [1.29, 1.82) is 0 Å². The Bertz CT molecular complexity index is 144. The molecule has 0 aromatic rings. The third-order valence-electron chi connectivity index (χ3n) is 1.02. The Morgan fingerprint density at radius 3 is 2.40 bits per heavy atom.